The van der Waals surface area contributed by atoms with E-state index in [1.54, 1.807) is 18.2 Å². The van der Waals surface area contributed by atoms with Crippen molar-refractivity contribution in [2.45, 2.75) is 69.8 Å². The van der Waals surface area contributed by atoms with E-state index < -0.39 is 61.7 Å². The number of H-pyrrole nitrogens is 1. The van der Waals surface area contributed by atoms with E-state index in [1.807, 2.05) is 24.8 Å². The molecule has 1 aliphatic heterocycles. The average Bonchev–Trinajstić information content (AvgIpc) is 3.16. The Kier molecular flexibility index (Phi) is 9.90. The fourth-order valence-corrected chi connectivity index (χ4v) is 5.35. The molecule has 2 aromatic rings. The number of benzene rings is 1. The third-order valence-corrected chi connectivity index (χ3v) is 7.74. The van der Waals surface area contributed by atoms with E-state index in [2.05, 4.69) is 5.09 Å². The summed E-state index contributed by atoms with van der Waals surface area (Å²) in [6.45, 7) is 4.51. The van der Waals surface area contributed by atoms with E-state index in [1.165, 1.54) is 19.1 Å². The molecule has 0 aliphatic carbocycles. The molecule has 1 aromatic carbocycles. The molecule has 1 aliphatic rings. The van der Waals surface area contributed by atoms with Gasteiger partial charge in [0, 0.05) is 12.3 Å². The molecule has 14 heteroatoms. The number of rotatable bonds is 12. The Hall–Kier alpha value is -3.24. The van der Waals surface area contributed by atoms with Crippen molar-refractivity contribution >= 4 is 13.7 Å². The highest BCUT2D eigenvalue weighted by atomic mass is 31.2. The third kappa shape index (κ3) is 7.05. The van der Waals surface area contributed by atoms with Crippen molar-refractivity contribution in [2.75, 3.05) is 6.61 Å². The minimum atomic E-state index is -4.34. The number of hydrogen-bond donors (Lipinski definition) is 4. The van der Waals surface area contributed by atoms with Gasteiger partial charge >= 0.3 is 19.4 Å². The van der Waals surface area contributed by atoms with Crippen LogP contribution in [0.4, 0.5) is 0 Å². The Morgan fingerprint density at radius 1 is 1.28 bits per heavy atom. The largest absolute Gasteiger partial charge is 0.461 e. The van der Waals surface area contributed by atoms with Crippen molar-refractivity contribution in [3.05, 3.63) is 63.4 Å². The second-order valence-electron chi connectivity index (χ2n) is 8.88. The Morgan fingerprint density at radius 2 is 1.95 bits per heavy atom. The van der Waals surface area contributed by atoms with Gasteiger partial charge in [0.25, 0.3) is 5.56 Å². The maximum Gasteiger partial charge on any atom is 0.459 e. The highest BCUT2D eigenvalue weighted by molar-refractivity contribution is 7.52. The molecular formula is C25H32N3O10P. The quantitative estimate of drug-likeness (QED) is 0.164. The van der Waals surface area contributed by atoms with Crippen molar-refractivity contribution in [1.82, 2.24) is 14.6 Å². The van der Waals surface area contributed by atoms with Crippen LogP contribution >= 0.6 is 7.75 Å². The summed E-state index contributed by atoms with van der Waals surface area (Å²) in [5, 5.41) is 24.3. The van der Waals surface area contributed by atoms with Crippen LogP contribution in [0.2, 0.25) is 0 Å². The number of nitrogens with one attached hydrogen (secondary N) is 2. The molecule has 2 heterocycles. The Labute approximate surface area is 224 Å². The van der Waals surface area contributed by atoms with Crippen molar-refractivity contribution in [2.24, 2.45) is 0 Å². The van der Waals surface area contributed by atoms with E-state index in [-0.39, 0.29) is 11.9 Å². The summed E-state index contributed by atoms with van der Waals surface area (Å²) in [7, 11) is -4.34. The van der Waals surface area contributed by atoms with E-state index in [0.717, 1.165) is 16.8 Å². The number of carbonyl (C=O) groups is 1. The lowest BCUT2D eigenvalue weighted by Crippen LogP contribution is -2.48. The van der Waals surface area contributed by atoms with E-state index in [0.29, 0.717) is 12.8 Å². The molecule has 212 valence electrons. The molecule has 0 saturated carbocycles. The molecule has 3 rings (SSSR count). The molecule has 4 N–H and O–H groups in total. The lowest BCUT2D eigenvalue weighted by Gasteiger charge is -2.26. The summed E-state index contributed by atoms with van der Waals surface area (Å²) < 4.78 is 36.7. The molecule has 0 spiro atoms. The van der Waals surface area contributed by atoms with Gasteiger partial charge in [-0.3, -0.25) is 23.7 Å². The van der Waals surface area contributed by atoms with Gasteiger partial charge in [-0.05, 0) is 31.9 Å². The van der Waals surface area contributed by atoms with Crippen molar-refractivity contribution in [3.8, 4) is 18.1 Å². The number of carbonyl (C=O) groups excluding carboxylic acids is 1. The fraction of sp³-hybridized carbons (Fsp3) is 0.480. The maximum atomic E-state index is 13.8. The standard InChI is InChI=1S/C25H32N3O10P/c1-5-17(6-2)36-22(31)16(4)27-39(34,38-18-11-9-8-10-12-18)35-15-19-21(30)25(33,7-3)23(37-19)28-14-13-20(29)26-24(28)32/h3,8-14,16-17,19,21,23,30,33H,5-6,15H2,1-2,4H3,(H,27,34)(H,26,29,32)/t16-,19+,21+,23+,25+,39?/m0/s1. The highest BCUT2D eigenvalue weighted by Crippen LogP contribution is 2.46. The van der Waals surface area contributed by atoms with Crippen LogP contribution in [0.25, 0.3) is 0 Å². The molecule has 1 saturated heterocycles. The summed E-state index contributed by atoms with van der Waals surface area (Å²) in [5.74, 6) is 1.49. The predicted molar refractivity (Wildman–Crippen MR) is 139 cm³/mol. The summed E-state index contributed by atoms with van der Waals surface area (Å²) in [4.78, 5) is 38.3. The van der Waals surface area contributed by atoms with Crippen LogP contribution in [0, 0.1) is 12.3 Å². The molecule has 0 radical (unpaired) electrons. The number of terminal acetylenes is 1. The van der Waals surface area contributed by atoms with Gasteiger partial charge in [-0.2, -0.15) is 5.09 Å². The monoisotopic (exact) mass is 565 g/mol. The summed E-state index contributed by atoms with van der Waals surface area (Å²) in [6, 6.07) is 7.89. The van der Waals surface area contributed by atoms with Crippen LogP contribution < -0.4 is 20.9 Å². The first-order valence-corrected chi connectivity index (χ1v) is 13.8. The second-order valence-corrected chi connectivity index (χ2v) is 10.6. The number of aliphatic hydroxyl groups excluding tert-OH is 1. The number of aliphatic hydroxyl groups is 2. The molecule has 13 nitrogen and oxygen atoms in total. The first kappa shape index (κ1) is 30.3. The minimum absolute atomic E-state index is 0.152. The third-order valence-electron chi connectivity index (χ3n) is 6.09. The number of aromatic amines is 1. The van der Waals surface area contributed by atoms with Gasteiger partial charge < -0.3 is 24.2 Å². The first-order valence-electron chi connectivity index (χ1n) is 12.3. The highest BCUT2D eigenvalue weighted by Gasteiger charge is 2.56. The topological polar surface area (TPSA) is 178 Å². The van der Waals surface area contributed by atoms with E-state index in [4.69, 9.17) is 24.9 Å². The van der Waals surface area contributed by atoms with Crippen molar-refractivity contribution in [3.63, 3.8) is 0 Å². The van der Waals surface area contributed by atoms with Crippen LogP contribution in [0.1, 0.15) is 39.8 Å². The lowest BCUT2D eigenvalue weighted by atomic mass is 9.95. The van der Waals surface area contributed by atoms with Gasteiger partial charge in [-0.1, -0.05) is 38.0 Å². The van der Waals surface area contributed by atoms with Gasteiger partial charge in [-0.15, -0.1) is 6.42 Å². The van der Waals surface area contributed by atoms with Gasteiger partial charge in [0.05, 0.1) is 6.61 Å². The summed E-state index contributed by atoms with van der Waals surface area (Å²) >= 11 is 0. The zero-order valence-electron chi connectivity index (χ0n) is 21.7. The van der Waals surface area contributed by atoms with Gasteiger partial charge in [0.15, 0.2) is 11.8 Å². The molecular weight excluding hydrogens is 533 g/mol. The normalized spacial score (nSPS) is 25.0. The number of ether oxygens (including phenoxy) is 2. The smallest absolute Gasteiger partial charge is 0.459 e. The number of nitrogens with zero attached hydrogens (tertiary/aromatic N) is 1. The molecule has 1 unspecified atom stereocenters. The maximum absolute atomic E-state index is 13.8. The van der Waals surface area contributed by atoms with Gasteiger partial charge in [0.2, 0.25) is 0 Å². The molecule has 0 bridgehead atoms. The molecule has 1 aromatic heterocycles. The molecule has 0 amide bonds. The number of hydrogen-bond acceptors (Lipinski definition) is 10. The van der Waals surface area contributed by atoms with Crippen LogP contribution in [-0.2, 0) is 23.4 Å². The summed E-state index contributed by atoms with van der Waals surface area (Å²) in [6.07, 6.45) is 2.54. The number of esters is 1. The first-order chi connectivity index (χ1) is 18.5. The Bertz CT molecular complexity index is 1340. The van der Waals surface area contributed by atoms with Crippen LogP contribution in [0.5, 0.6) is 5.75 Å². The summed E-state index contributed by atoms with van der Waals surface area (Å²) in [5.41, 5.74) is -4.06. The van der Waals surface area contributed by atoms with Gasteiger partial charge in [-0.25, -0.2) is 9.36 Å². The Morgan fingerprint density at radius 3 is 2.54 bits per heavy atom. The van der Waals surface area contributed by atoms with Crippen LogP contribution in [-0.4, -0.2) is 62.3 Å². The number of para-hydroxylation sites is 1. The average molecular weight is 566 g/mol. The fourth-order valence-electron chi connectivity index (χ4n) is 3.84. The zero-order chi connectivity index (χ0) is 28.8. The van der Waals surface area contributed by atoms with Crippen molar-refractivity contribution in [1.29, 1.82) is 0 Å². The molecule has 1 fully saturated rings. The SMILES string of the molecule is C#C[C@@]1(O)[C@H](O)[C@@H](COP(=O)(N[C@@H](C)C(=O)OC(CC)CC)Oc2ccccc2)O[C@H]1n1ccc(=O)[nH]c1=O. The molecule has 6 atom stereocenters. The minimum Gasteiger partial charge on any atom is -0.461 e. The van der Waals surface area contributed by atoms with E-state index >= 15 is 0 Å². The zero-order valence-corrected chi connectivity index (χ0v) is 22.6. The lowest BCUT2D eigenvalue weighted by molar-refractivity contribution is -0.151. The number of aromatic nitrogens is 2. The van der Waals surface area contributed by atoms with Crippen LogP contribution in [0.3, 0.4) is 0 Å². The predicted octanol–water partition coefficient (Wildman–Crippen LogP) is 1.07. The Balaban J connectivity index is 1.82. The van der Waals surface area contributed by atoms with Crippen LogP contribution in [0.15, 0.2) is 52.2 Å². The van der Waals surface area contributed by atoms with E-state index in [9.17, 15) is 29.2 Å². The second kappa shape index (κ2) is 12.7. The molecule has 39 heavy (non-hydrogen) atoms. The van der Waals surface area contributed by atoms with Gasteiger partial charge in [0.1, 0.15) is 30.1 Å². The van der Waals surface area contributed by atoms with Crippen molar-refractivity contribution < 1.29 is 38.1 Å².